The number of nitrogens with zero attached hydrogens (tertiary/aromatic N) is 2. The molecule has 154 valence electrons. The van der Waals surface area contributed by atoms with Crippen molar-refractivity contribution in [3.8, 4) is 0 Å². The largest absolute Gasteiger partial charge is 0.326 e. The molecule has 1 aliphatic rings. The lowest BCUT2D eigenvalue weighted by atomic mass is 10.0. The molecule has 3 amide bonds. The molecule has 1 aliphatic heterocycles. The Morgan fingerprint density at radius 2 is 1.93 bits per heavy atom. The summed E-state index contributed by atoms with van der Waals surface area (Å²) in [6, 6.07) is 13.0. The van der Waals surface area contributed by atoms with Crippen LogP contribution in [0.1, 0.15) is 12.8 Å². The number of benzene rings is 2. The Hall–Kier alpha value is -3.32. The number of pyridine rings is 1. The number of aromatic nitrogens is 1. The molecule has 30 heavy (non-hydrogen) atoms. The van der Waals surface area contributed by atoms with Gasteiger partial charge in [0.1, 0.15) is 6.04 Å². The molecule has 0 radical (unpaired) electrons. The molecule has 1 aromatic heterocycles. The number of hydrogen-bond acceptors (Lipinski definition) is 3. The smallest absolute Gasteiger partial charge is 0.319 e. The SMILES string of the molecule is Cn1ccc2ccc(NC(=O)NC3CCCN(c4ccccc4Cl)C3=O)cc2c1=O. The van der Waals surface area contributed by atoms with Crippen molar-refractivity contribution in [1.29, 1.82) is 0 Å². The van der Waals surface area contributed by atoms with Gasteiger partial charge in [-0.2, -0.15) is 0 Å². The maximum atomic E-state index is 12.9. The third kappa shape index (κ3) is 3.89. The Balaban J connectivity index is 1.48. The number of anilines is 2. The first-order valence-corrected chi connectivity index (χ1v) is 10.0. The number of carbonyl (C=O) groups excluding carboxylic acids is 2. The minimum Gasteiger partial charge on any atom is -0.326 e. The van der Waals surface area contributed by atoms with Crippen molar-refractivity contribution < 1.29 is 9.59 Å². The molecule has 1 atom stereocenters. The lowest BCUT2D eigenvalue weighted by Crippen LogP contribution is -2.53. The summed E-state index contributed by atoms with van der Waals surface area (Å²) < 4.78 is 1.48. The Morgan fingerprint density at radius 1 is 1.13 bits per heavy atom. The van der Waals surface area contributed by atoms with Crippen LogP contribution in [0.5, 0.6) is 0 Å². The number of hydrogen-bond donors (Lipinski definition) is 2. The van der Waals surface area contributed by atoms with E-state index in [2.05, 4.69) is 10.6 Å². The third-order valence-corrected chi connectivity index (χ3v) is 5.55. The van der Waals surface area contributed by atoms with Gasteiger partial charge in [0, 0.05) is 30.9 Å². The average molecular weight is 425 g/mol. The summed E-state index contributed by atoms with van der Waals surface area (Å²) in [5, 5.41) is 7.26. The maximum absolute atomic E-state index is 12.9. The van der Waals surface area contributed by atoms with Crippen LogP contribution >= 0.6 is 11.6 Å². The maximum Gasteiger partial charge on any atom is 0.319 e. The summed E-state index contributed by atoms with van der Waals surface area (Å²) >= 11 is 6.23. The van der Waals surface area contributed by atoms with Crippen molar-refractivity contribution in [3.63, 3.8) is 0 Å². The number of aryl methyl sites for hydroxylation is 1. The van der Waals surface area contributed by atoms with Crippen LogP contribution in [0.2, 0.25) is 5.02 Å². The van der Waals surface area contributed by atoms with Gasteiger partial charge in [-0.3, -0.25) is 9.59 Å². The van der Waals surface area contributed by atoms with Crippen LogP contribution in [0, 0.1) is 0 Å². The van der Waals surface area contributed by atoms with Crippen molar-refractivity contribution in [2.75, 3.05) is 16.8 Å². The molecule has 1 saturated heterocycles. The fourth-order valence-electron chi connectivity index (χ4n) is 3.66. The number of carbonyl (C=O) groups is 2. The van der Waals surface area contributed by atoms with Crippen LogP contribution in [0.3, 0.4) is 0 Å². The lowest BCUT2D eigenvalue weighted by molar-refractivity contribution is -0.121. The summed E-state index contributed by atoms with van der Waals surface area (Å²) in [7, 11) is 1.67. The van der Waals surface area contributed by atoms with Crippen molar-refractivity contribution in [2.45, 2.75) is 18.9 Å². The van der Waals surface area contributed by atoms with E-state index in [1.807, 2.05) is 12.1 Å². The van der Waals surface area contributed by atoms with Crippen LogP contribution < -0.4 is 21.1 Å². The molecular weight excluding hydrogens is 404 g/mol. The highest BCUT2D eigenvalue weighted by Gasteiger charge is 2.31. The molecule has 0 aliphatic carbocycles. The van der Waals surface area contributed by atoms with Gasteiger partial charge in [0.15, 0.2) is 0 Å². The number of rotatable bonds is 3. The van der Waals surface area contributed by atoms with E-state index >= 15 is 0 Å². The standard InChI is InChI=1S/C22H21ClN4O3/c1-26-12-10-14-8-9-15(13-16(14)20(26)28)24-22(30)25-18-6-4-11-27(21(18)29)19-7-3-2-5-17(19)23/h2-3,5,7-10,12-13,18H,4,6,11H2,1H3,(H2,24,25,30). The zero-order valence-electron chi connectivity index (χ0n) is 16.4. The first-order valence-electron chi connectivity index (χ1n) is 9.67. The quantitative estimate of drug-likeness (QED) is 0.674. The first kappa shape index (κ1) is 20.0. The predicted molar refractivity (Wildman–Crippen MR) is 118 cm³/mol. The number of halogens is 1. The predicted octanol–water partition coefficient (Wildman–Crippen LogP) is 3.51. The molecule has 0 saturated carbocycles. The second-order valence-corrected chi connectivity index (χ2v) is 7.68. The van der Waals surface area contributed by atoms with E-state index in [1.165, 1.54) is 4.57 Å². The van der Waals surface area contributed by atoms with E-state index in [0.29, 0.717) is 34.7 Å². The molecule has 8 heteroatoms. The van der Waals surface area contributed by atoms with Crippen molar-refractivity contribution in [2.24, 2.45) is 7.05 Å². The lowest BCUT2D eigenvalue weighted by Gasteiger charge is -2.33. The number of fused-ring (bicyclic) bond motifs is 1. The Labute approximate surface area is 178 Å². The first-order chi connectivity index (χ1) is 14.4. The van der Waals surface area contributed by atoms with Crippen LogP contribution in [0.15, 0.2) is 59.5 Å². The van der Waals surface area contributed by atoms with Gasteiger partial charge in [-0.25, -0.2) is 4.79 Å². The topological polar surface area (TPSA) is 83.4 Å². The van der Waals surface area contributed by atoms with Crippen LogP contribution in [-0.4, -0.2) is 29.1 Å². The minimum atomic E-state index is -0.650. The molecule has 3 aromatic rings. The van der Waals surface area contributed by atoms with Crippen molar-refractivity contribution in [3.05, 3.63) is 70.1 Å². The second kappa shape index (κ2) is 8.20. The van der Waals surface area contributed by atoms with E-state index in [0.717, 1.165) is 11.8 Å². The van der Waals surface area contributed by atoms with Gasteiger partial charge in [0.25, 0.3) is 5.56 Å². The molecule has 7 nitrogen and oxygen atoms in total. The van der Waals surface area contributed by atoms with Gasteiger partial charge in [-0.15, -0.1) is 0 Å². The van der Waals surface area contributed by atoms with Gasteiger partial charge in [0.2, 0.25) is 5.91 Å². The molecule has 2 N–H and O–H groups in total. The summed E-state index contributed by atoms with van der Waals surface area (Å²) in [5.41, 5.74) is 0.977. The molecule has 2 aromatic carbocycles. The monoisotopic (exact) mass is 424 g/mol. The molecule has 4 rings (SSSR count). The van der Waals surface area contributed by atoms with E-state index < -0.39 is 12.1 Å². The normalized spacial score (nSPS) is 16.5. The fourth-order valence-corrected chi connectivity index (χ4v) is 3.90. The average Bonchev–Trinajstić information content (AvgIpc) is 2.73. The zero-order chi connectivity index (χ0) is 21.3. The van der Waals surface area contributed by atoms with Gasteiger partial charge in [0.05, 0.1) is 10.7 Å². The van der Waals surface area contributed by atoms with E-state index in [4.69, 9.17) is 11.6 Å². The highest BCUT2D eigenvalue weighted by Crippen LogP contribution is 2.28. The van der Waals surface area contributed by atoms with Crippen molar-refractivity contribution in [1.82, 2.24) is 9.88 Å². The highest BCUT2D eigenvalue weighted by molar-refractivity contribution is 6.33. The number of nitrogens with one attached hydrogen (secondary N) is 2. The van der Waals surface area contributed by atoms with Gasteiger partial charge < -0.3 is 20.1 Å². The molecule has 1 fully saturated rings. The second-order valence-electron chi connectivity index (χ2n) is 7.27. The molecular formula is C22H21ClN4O3. The zero-order valence-corrected chi connectivity index (χ0v) is 17.1. The summed E-state index contributed by atoms with van der Waals surface area (Å²) in [6.07, 6.45) is 2.99. The van der Waals surface area contributed by atoms with E-state index in [9.17, 15) is 14.4 Å². The summed E-state index contributed by atoms with van der Waals surface area (Å²) in [4.78, 5) is 39.3. The number of piperidine rings is 1. The minimum absolute atomic E-state index is 0.144. The van der Waals surface area contributed by atoms with Crippen molar-refractivity contribution >= 4 is 45.7 Å². The molecule has 1 unspecified atom stereocenters. The number of amides is 3. The molecule has 0 bridgehead atoms. The Bertz CT molecular complexity index is 1190. The van der Waals surface area contributed by atoms with Gasteiger partial charge in [-0.05, 0) is 48.6 Å². The van der Waals surface area contributed by atoms with Crippen LogP contribution in [-0.2, 0) is 11.8 Å². The summed E-state index contributed by atoms with van der Waals surface area (Å²) in [5.74, 6) is -0.197. The molecule has 2 heterocycles. The third-order valence-electron chi connectivity index (χ3n) is 5.23. The van der Waals surface area contributed by atoms with E-state index in [1.54, 1.807) is 54.5 Å². The van der Waals surface area contributed by atoms with Gasteiger partial charge >= 0.3 is 6.03 Å². The van der Waals surface area contributed by atoms with Crippen LogP contribution in [0.25, 0.3) is 10.8 Å². The Kier molecular flexibility index (Phi) is 5.46. The fraction of sp³-hybridized carbons (Fsp3) is 0.227. The highest BCUT2D eigenvalue weighted by atomic mass is 35.5. The Morgan fingerprint density at radius 3 is 2.73 bits per heavy atom. The molecule has 0 spiro atoms. The van der Waals surface area contributed by atoms with Crippen LogP contribution in [0.4, 0.5) is 16.2 Å². The summed E-state index contributed by atoms with van der Waals surface area (Å²) in [6.45, 7) is 0.552. The van der Waals surface area contributed by atoms with E-state index in [-0.39, 0.29) is 11.5 Å². The number of urea groups is 1. The van der Waals surface area contributed by atoms with Gasteiger partial charge in [-0.1, -0.05) is 29.8 Å². The number of para-hydroxylation sites is 1.